The molecule has 5 rings (SSSR count). The van der Waals surface area contributed by atoms with E-state index in [9.17, 15) is 13.2 Å². The highest BCUT2D eigenvalue weighted by molar-refractivity contribution is 7.89. The first-order chi connectivity index (χ1) is 14.8. The van der Waals surface area contributed by atoms with Crippen molar-refractivity contribution >= 4 is 65.3 Å². The lowest BCUT2D eigenvalue weighted by molar-refractivity contribution is -0.110. The summed E-state index contributed by atoms with van der Waals surface area (Å²) in [6.45, 7) is 6.09. The van der Waals surface area contributed by atoms with Gasteiger partial charge in [-0.2, -0.15) is 0 Å². The Morgan fingerprint density at radius 3 is 2.74 bits per heavy atom. The standard InChI is InChI=1S/C21H21N3O4S3/c1-12-11-29-21-19(12)13(2)18(30-21)10-16-15-9-14(3-4-17(15)22-20(16)25)31(26,27)23-24-5-7-28-8-6-24/h3-4,9-11,23H,5-8H2,1-2H3,(H,22,25). The summed E-state index contributed by atoms with van der Waals surface area (Å²) < 4.78 is 32.3. The van der Waals surface area contributed by atoms with Crippen LogP contribution in [0, 0.1) is 13.8 Å². The average molecular weight is 476 g/mol. The monoisotopic (exact) mass is 475 g/mol. The van der Waals surface area contributed by atoms with Gasteiger partial charge in [0.15, 0.2) is 0 Å². The second kappa shape index (κ2) is 7.80. The highest BCUT2D eigenvalue weighted by Gasteiger charge is 2.28. The first-order valence-electron chi connectivity index (χ1n) is 9.83. The predicted octanol–water partition coefficient (Wildman–Crippen LogP) is 3.60. The van der Waals surface area contributed by atoms with E-state index in [0.717, 1.165) is 10.4 Å². The normalized spacial score (nSPS) is 18.6. The summed E-state index contributed by atoms with van der Waals surface area (Å²) in [5.41, 5.74) is 4.08. The van der Waals surface area contributed by atoms with Crippen LogP contribution in [0.5, 0.6) is 0 Å². The number of rotatable bonds is 4. The molecule has 1 aromatic carbocycles. The molecule has 2 aliphatic heterocycles. The number of anilines is 1. The van der Waals surface area contributed by atoms with E-state index in [1.165, 1.54) is 21.0 Å². The number of sulfonamides is 1. The molecule has 2 aliphatic rings. The number of morpholine rings is 1. The maximum Gasteiger partial charge on any atom is 0.256 e. The second-order valence-electron chi connectivity index (χ2n) is 7.59. The minimum absolute atomic E-state index is 0.125. The maximum atomic E-state index is 12.9. The van der Waals surface area contributed by atoms with Crippen molar-refractivity contribution in [1.82, 2.24) is 9.84 Å². The number of nitrogens with one attached hydrogen (secondary N) is 2. The molecule has 0 spiro atoms. The summed E-state index contributed by atoms with van der Waals surface area (Å²) in [5.74, 6) is -0.224. The number of hydrazine groups is 1. The van der Waals surface area contributed by atoms with Crippen LogP contribution in [0.3, 0.4) is 0 Å². The van der Waals surface area contributed by atoms with E-state index in [1.807, 2.05) is 6.08 Å². The van der Waals surface area contributed by atoms with Crippen molar-refractivity contribution in [1.29, 1.82) is 0 Å². The van der Waals surface area contributed by atoms with Gasteiger partial charge in [0.05, 0.1) is 27.7 Å². The van der Waals surface area contributed by atoms with Crippen molar-refractivity contribution in [3.05, 3.63) is 45.1 Å². The number of amides is 1. The first kappa shape index (κ1) is 20.8. The van der Waals surface area contributed by atoms with Crippen LogP contribution in [0.25, 0.3) is 21.0 Å². The molecule has 7 nitrogen and oxygen atoms in total. The molecule has 10 heteroatoms. The second-order valence-corrected chi connectivity index (χ2v) is 11.4. The van der Waals surface area contributed by atoms with Gasteiger partial charge in [-0.05, 0) is 54.6 Å². The van der Waals surface area contributed by atoms with Gasteiger partial charge in [-0.1, -0.05) is 0 Å². The van der Waals surface area contributed by atoms with Gasteiger partial charge in [0, 0.05) is 34.6 Å². The zero-order chi connectivity index (χ0) is 21.8. The molecule has 4 heterocycles. The van der Waals surface area contributed by atoms with Crippen molar-refractivity contribution in [3.63, 3.8) is 0 Å². The molecule has 0 saturated carbocycles. The van der Waals surface area contributed by atoms with Crippen LogP contribution in [0.1, 0.15) is 21.6 Å². The Morgan fingerprint density at radius 2 is 2.00 bits per heavy atom. The molecule has 1 saturated heterocycles. The van der Waals surface area contributed by atoms with E-state index in [1.54, 1.807) is 39.8 Å². The molecular formula is C21H21N3O4S3. The minimum atomic E-state index is -3.76. The van der Waals surface area contributed by atoms with E-state index in [0.29, 0.717) is 43.1 Å². The zero-order valence-electron chi connectivity index (χ0n) is 17.0. The van der Waals surface area contributed by atoms with Crippen molar-refractivity contribution < 1.29 is 17.9 Å². The smallest absolute Gasteiger partial charge is 0.256 e. The zero-order valence-corrected chi connectivity index (χ0v) is 19.5. The molecule has 0 atom stereocenters. The summed E-state index contributed by atoms with van der Waals surface area (Å²) in [6.07, 6.45) is 1.87. The lowest BCUT2D eigenvalue weighted by atomic mass is 10.0. The lowest BCUT2D eigenvalue weighted by Crippen LogP contribution is -2.48. The minimum Gasteiger partial charge on any atom is -0.379 e. The van der Waals surface area contributed by atoms with Crippen molar-refractivity contribution in [2.24, 2.45) is 0 Å². The number of carbonyl (C=O) groups is 1. The summed E-state index contributed by atoms with van der Waals surface area (Å²) >= 11 is 3.36. The number of fused-ring (bicyclic) bond motifs is 2. The Balaban J connectivity index is 1.52. The van der Waals surface area contributed by atoms with E-state index in [4.69, 9.17) is 4.74 Å². The molecule has 2 aromatic heterocycles. The Bertz CT molecular complexity index is 1330. The Morgan fingerprint density at radius 1 is 1.23 bits per heavy atom. The third-order valence-corrected chi connectivity index (χ3v) is 9.34. The van der Waals surface area contributed by atoms with E-state index in [2.05, 4.69) is 29.4 Å². The van der Waals surface area contributed by atoms with Gasteiger partial charge in [-0.15, -0.1) is 27.5 Å². The van der Waals surface area contributed by atoms with Gasteiger partial charge in [0.25, 0.3) is 15.9 Å². The fourth-order valence-corrected chi connectivity index (χ4v) is 7.50. The van der Waals surface area contributed by atoms with Gasteiger partial charge < -0.3 is 10.1 Å². The number of thiophene rings is 2. The number of ether oxygens (including phenoxy) is 1. The fraction of sp³-hybridized carbons (Fsp3) is 0.286. The third-order valence-electron chi connectivity index (χ3n) is 5.51. The van der Waals surface area contributed by atoms with E-state index < -0.39 is 10.0 Å². The molecule has 0 unspecified atom stereocenters. The summed E-state index contributed by atoms with van der Waals surface area (Å²) in [4.78, 5) is 16.4. The number of hydrogen-bond acceptors (Lipinski definition) is 7. The van der Waals surface area contributed by atoms with E-state index in [-0.39, 0.29) is 10.8 Å². The molecule has 0 bridgehead atoms. The molecule has 0 radical (unpaired) electrons. The third kappa shape index (κ3) is 3.73. The highest BCUT2D eigenvalue weighted by atomic mass is 32.2. The quantitative estimate of drug-likeness (QED) is 0.563. The number of benzene rings is 1. The SMILES string of the molecule is Cc1csc2sc(C=C3C(=O)Nc4ccc(S(=O)(=O)NN5CCOCC5)cc43)c(C)c12. The number of nitrogens with zero attached hydrogens (tertiary/aromatic N) is 1. The van der Waals surface area contributed by atoms with Gasteiger partial charge in [-0.3, -0.25) is 4.79 Å². The largest absolute Gasteiger partial charge is 0.379 e. The summed E-state index contributed by atoms with van der Waals surface area (Å²) in [6, 6.07) is 4.73. The van der Waals surface area contributed by atoms with Gasteiger partial charge in [-0.25, -0.2) is 13.4 Å². The van der Waals surface area contributed by atoms with Crippen LogP contribution in [0.15, 0.2) is 28.5 Å². The van der Waals surface area contributed by atoms with Crippen LogP contribution in [-0.2, 0) is 19.6 Å². The molecule has 1 amide bonds. The Hall–Kier alpha value is -2.08. The number of hydrogen-bond donors (Lipinski definition) is 2. The van der Waals surface area contributed by atoms with Gasteiger partial charge in [0.1, 0.15) is 0 Å². The molecule has 31 heavy (non-hydrogen) atoms. The van der Waals surface area contributed by atoms with Crippen LogP contribution < -0.4 is 10.1 Å². The molecule has 1 fully saturated rings. The summed E-state index contributed by atoms with van der Waals surface area (Å²) in [5, 5.41) is 7.86. The Labute approximate surface area is 188 Å². The van der Waals surface area contributed by atoms with Crippen LogP contribution in [0.2, 0.25) is 0 Å². The average Bonchev–Trinajstić information content (AvgIpc) is 3.36. The molecule has 3 aromatic rings. The highest BCUT2D eigenvalue weighted by Crippen LogP contribution is 2.41. The fourth-order valence-electron chi connectivity index (χ4n) is 3.87. The first-order valence-corrected chi connectivity index (χ1v) is 13.0. The van der Waals surface area contributed by atoms with Gasteiger partial charge in [0.2, 0.25) is 0 Å². The molecule has 162 valence electrons. The van der Waals surface area contributed by atoms with Crippen molar-refractivity contribution in [3.8, 4) is 0 Å². The van der Waals surface area contributed by atoms with E-state index >= 15 is 0 Å². The van der Waals surface area contributed by atoms with Crippen molar-refractivity contribution in [2.75, 3.05) is 31.6 Å². The van der Waals surface area contributed by atoms with Crippen LogP contribution >= 0.6 is 22.7 Å². The molecule has 2 N–H and O–H groups in total. The lowest BCUT2D eigenvalue weighted by Gasteiger charge is -2.26. The number of carbonyl (C=O) groups excluding carboxylic acids is 1. The Kier molecular flexibility index (Phi) is 5.24. The number of aryl methyl sites for hydroxylation is 2. The van der Waals surface area contributed by atoms with Crippen LogP contribution in [0.4, 0.5) is 5.69 Å². The van der Waals surface area contributed by atoms with Crippen molar-refractivity contribution in [2.45, 2.75) is 18.7 Å². The maximum absolute atomic E-state index is 12.9. The molecular weight excluding hydrogens is 454 g/mol. The van der Waals surface area contributed by atoms with Gasteiger partial charge >= 0.3 is 0 Å². The van der Waals surface area contributed by atoms with Crippen LogP contribution in [-0.4, -0.2) is 45.6 Å². The topological polar surface area (TPSA) is 87.7 Å². The summed E-state index contributed by atoms with van der Waals surface area (Å²) in [7, 11) is -3.76. The molecule has 0 aliphatic carbocycles. The predicted molar refractivity (Wildman–Crippen MR) is 125 cm³/mol.